The number of amidine groups is 1. The van der Waals surface area contributed by atoms with Gasteiger partial charge in [0, 0.05) is 0 Å². The van der Waals surface area contributed by atoms with Crippen molar-refractivity contribution < 1.29 is 22.1 Å². The van der Waals surface area contributed by atoms with Gasteiger partial charge in [-0.3, -0.25) is 4.79 Å². The molecule has 1 saturated heterocycles. The van der Waals surface area contributed by atoms with E-state index in [2.05, 4.69) is 15.5 Å². The number of ether oxygens (including phenoxy) is 1. The highest BCUT2D eigenvalue weighted by molar-refractivity contribution is 8.15. The monoisotopic (exact) mass is 461 g/mol. The molecule has 0 saturated carbocycles. The topological polar surface area (TPSA) is 106 Å². The Hall–Kier alpha value is -2.85. The molecule has 0 spiro atoms. The molecule has 10 heteroatoms. The van der Waals surface area contributed by atoms with Gasteiger partial charge >= 0.3 is 10.1 Å². The summed E-state index contributed by atoms with van der Waals surface area (Å²) < 4.78 is 35.6. The fourth-order valence-electron chi connectivity index (χ4n) is 2.71. The van der Waals surface area contributed by atoms with Gasteiger partial charge in [-0.2, -0.15) is 13.5 Å². The fraction of sp³-hybridized carbons (Fsp3) is 0.286. The van der Waals surface area contributed by atoms with Gasteiger partial charge in [-0.1, -0.05) is 37.7 Å². The molecule has 0 bridgehead atoms. The minimum absolute atomic E-state index is 0.0233. The molecule has 2 aromatic carbocycles. The van der Waals surface area contributed by atoms with Crippen LogP contribution in [-0.2, 0) is 14.9 Å². The first-order valence-corrected chi connectivity index (χ1v) is 11.9. The van der Waals surface area contributed by atoms with Crippen molar-refractivity contribution in [1.29, 1.82) is 0 Å². The number of hydrogen-bond donors (Lipinski definition) is 1. The Morgan fingerprint density at radius 2 is 1.90 bits per heavy atom. The number of thioether (sulfide) groups is 1. The predicted molar refractivity (Wildman–Crippen MR) is 121 cm³/mol. The Labute approximate surface area is 185 Å². The lowest BCUT2D eigenvalue weighted by molar-refractivity contribution is -0.119. The Bertz CT molecular complexity index is 1100. The van der Waals surface area contributed by atoms with E-state index < -0.39 is 10.1 Å². The number of amides is 1. The zero-order chi connectivity index (χ0) is 22.4. The number of benzene rings is 2. The van der Waals surface area contributed by atoms with E-state index in [0.29, 0.717) is 23.1 Å². The standard InChI is InChI=1S/C21H23N3O5S2/c1-4-28-16-8-10-18(11-9-16)31(26,27)29-17-7-5-6-15(12-17)13-22-24-21-23-20(25)19(30-21)14(2)3/h5-14,19H,4H2,1-3H3,(H,23,24,25)/b22-13+. The van der Waals surface area contributed by atoms with Crippen LogP contribution in [0.15, 0.2) is 63.6 Å². The molecular formula is C21H23N3O5S2. The summed E-state index contributed by atoms with van der Waals surface area (Å²) in [6.45, 7) is 6.28. The molecule has 1 atom stereocenters. The van der Waals surface area contributed by atoms with E-state index in [4.69, 9.17) is 8.92 Å². The van der Waals surface area contributed by atoms with Crippen LogP contribution in [0.4, 0.5) is 0 Å². The summed E-state index contributed by atoms with van der Waals surface area (Å²) in [6, 6.07) is 12.5. The summed E-state index contributed by atoms with van der Waals surface area (Å²) in [6.07, 6.45) is 1.46. The number of nitrogens with zero attached hydrogens (tertiary/aromatic N) is 2. The minimum Gasteiger partial charge on any atom is -0.494 e. The van der Waals surface area contributed by atoms with Gasteiger partial charge < -0.3 is 14.2 Å². The normalized spacial score (nSPS) is 18.0. The highest BCUT2D eigenvalue weighted by Gasteiger charge is 2.32. The van der Waals surface area contributed by atoms with Crippen LogP contribution in [0.25, 0.3) is 0 Å². The van der Waals surface area contributed by atoms with Crippen LogP contribution >= 0.6 is 11.8 Å². The van der Waals surface area contributed by atoms with Crippen molar-refractivity contribution in [2.75, 3.05) is 6.61 Å². The maximum Gasteiger partial charge on any atom is 0.339 e. The lowest BCUT2D eigenvalue weighted by atomic mass is 10.1. The van der Waals surface area contributed by atoms with Crippen LogP contribution in [0.5, 0.6) is 11.5 Å². The first kappa shape index (κ1) is 22.8. The van der Waals surface area contributed by atoms with E-state index in [-0.39, 0.29) is 27.7 Å². The first-order valence-electron chi connectivity index (χ1n) is 9.64. The quantitative estimate of drug-likeness (QED) is 0.367. The van der Waals surface area contributed by atoms with Crippen molar-refractivity contribution in [3.8, 4) is 11.5 Å². The van der Waals surface area contributed by atoms with Crippen LogP contribution in [0.1, 0.15) is 26.3 Å². The van der Waals surface area contributed by atoms with E-state index >= 15 is 0 Å². The van der Waals surface area contributed by atoms with E-state index in [9.17, 15) is 13.2 Å². The molecule has 8 nitrogen and oxygen atoms in total. The molecule has 0 radical (unpaired) electrons. The second kappa shape index (κ2) is 9.97. The molecule has 164 valence electrons. The Kier molecular flexibility index (Phi) is 7.34. The number of carbonyl (C=O) groups excluding carboxylic acids is 1. The molecule has 1 fully saturated rings. The Balaban J connectivity index is 1.68. The van der Waals surface area contributed by atoms with Crippen molar-refractivity contribution >= 4 is 39.2 Å². The molecule has 0 aliphatic carbocycles. The molecule has 1 unspecified atom stereocenters. The molecule has 2 aromatic rings. The Morgan fingerprint density at radius 1 is 1.16 bits per heavy atom. The van der Waals surface area contributed by atoms with Gasteiger partial charge in [0.05, 0.1) is 18.1 Å². The van der Waals surface area contributed by atoms with E-state index in [0.717, 1.165) is 0 Å². The summed E-state index contributed by atoms with van der Waals surface area (Å²) in [5.41, 5.74) is 0.596. The van der Waals surface area contributed by atoms with Crippen LogP contribution < -0.4 is 14.2 Å². The van der Waals surface area contributed by atoms with Gasteiger partial charge in [-0.05, 0) is 54.8 Å². The van der Waals surface area contributed by atoms with Crippen molar-refractivity contribution in [3.05, 3.63) is 54.1 Å². The van der Waals surface area contributed by atoms with Gasteiger partial charge in [-0.15, -0.1) is 5.10 Å². The van der Waals surface area contributed by atoms with E-state index in [1.165, 1.54) is 42.2 Å². The van der Waals surface area contributed by atoms with Crippen LogP contribution in [0.2, 0.25) is 0 Å². The minimum atomic E-state index is -3.99. The second-order valence-corrected chi connectivity index (χ2v) is 9.61. The van der Waals surface area contributed by atoms with E-state index in [1.807, 2.05) is 20.8 Å². The SMILES string of the molecule is CCOc1ccc(S(=O)(=O)Oc2cccc(/C=N/N=C3/NC(=O)C(C(C)C)S3)c2)cc1. The molecule has 1 N–H and O–H groups in total. The smallest absolute Gasteiger partial charge is 0.339 e. The Morgan fingerprint density at radius 3 is 2.55 bits per heavy atom. The largest absolute Gasteiger partial charge is 0.494 e. The van der Waals surface area contributed by atoms with Gasteiger partial charge in [0.25, 0.3) is 0 Å². The van der Waals surface area contributed by atoms with Crippen molar-refractivity contribution in [2.24, 2.45) is 16.1 Å². The summed E-state index contributed by atoms with van der Waals surface area (Å²) in [5.74, 6) is 0.836. The number of carbonyl (C=O) groups is 1. The highest BCUT2D eigenvalue weighted by atomic mass is 32.2. The van der Waals surface area contributed by atoms with Gasteiger partial charge in [0.1, 0.15) is 16.4 Å². The molecule has 1 aliphatic heterocycles. The van der Waals surface area contributed by atoms with Gasteiger partial charge in [0.2, 0.25) is 5.91 Å². The zero-order valence-corrected chi connectivity index (χ0v) is 18.9. The summed E-state index contributed by atoms with van der Waals surface area (Å²) in [4.78, 5) is 11.9. The molecule has 0 aromatic heterocycles. The average molecular weight is 462 g/mol. The first-order chi connectivity index (χ1) is 14.8. The molecular weight excluding hydrogens is 438 g/mol. The van der Waals surface area contributed by atoms with Crippen LogP contribution in [0, 0.1) is 5.92 Å². The van der Waals surface area contributed by atoms with Gasteiger partial charge in [-0.25, -0.2) is 0 Å². The van der Waals surface area contributed by atoms with Crippen LogP contribution in [0.3, 0.4) is 0 Å². The third-order valence-corrected chi connectivity index (χ3v) is 6.86. The zero-order valence-electron chi connectivity index (χ0n) is 17.3. The van der Waals surface area contributed by atoms with Crippen molar-refractivity contribution in [2.45, 2.75) is 30.9 Å². The average Bonchev–Trinajstić information content (AvgIpc) is 3.09. The highest BCUT2D eigenvalue weighted by Crippen LogP contribution is 2.26. The summed E-state index contributed by atoms with van der Waals surface area (Å²) in [7, 11) is -3.99. The van der Waals surface area contributed by atoms with Crippen molar-refractivity contribution in [1.82, 2.24) is 5.32 Å². The third-order valence-electron chi connectivity index (χ3n) is 4.18. The molecule has 1 heterocycles. The second-order valence-electron chi connectivity index (χ2n) is 6.94. The molecule has 3 rings (SSSR count). The lowest BCUT2D eigenvalue weighted by Gasteiger charge is -2.08. The summed E-state index contributed by atoms with van der Waals surface area (Å²) >= 11 is 1.34. The molecule has 1 amide bonds. The number of nitrogens with one attached hydrogen (secondary N) is 1. The lowest BCUT2D eigenvalue weighted by Crippen LogP contribution is -2.27. The summed E-state index contributed by atoms with van der Waals surface area (Å²) in [5, 5.41) is 11.0. The molecule has 1 aliphatic rings. The van der Waals surface area contributed by atoms with Crippen molar-refractivity contribution in [3.63, 3.8) is 0 Å². The van der Waals surface area contributed by atoms with E-state index in [1.54, 1.807) is 24.3 Å². The molecule has 31 heavy (non-hydrogen) atoms. The third kappa shape index (κ3) is 6.08. The maximum atomic E-state index is 12.5. The number of rotatable bonds is 8. The maximum absolute atomic E-state index is 12.5. The van der Waals surface area contributed by atoms with Crippen LogP contribution in [-0.4, -0.2) is 37.6 Å². The predicted octanol–water partition coefficient (Wildman–Crippen LogP) is 3.43. The number of hydrogen-bond acceptors (Lipinski definition) is 8. The van der Waals surface area contributed by atoms with Gasteiger partial charge in [0.15, 0.2) is 5.17 Å². The fourth-order valence-corrected chi connectivity index (χ4v) is 4.56.